The number of carbonyl (C=O) groups is 1. The smallest absolute Gasteiger partial charge is 0.267 e. The lowest BCUT2D eigenvalue weighted by Gasteiger charge is -2.30. The van der Waals surface area contributed by atoms with Gasteiger partial charge in [-0.15, -0.1) is 11.3 Å². The Hall–Kier alpha value is -3.10. The average molecular weight is 478 g/mol. The zero-order chi connectivity index (χ0) is 22.8. The third-order valence-electron chi connectivity index (χ3n) is 5.83. The summed E-state index contributed by atoms with van der Waals surface area (Å²) < 4.78 is 0. The maximum Gasteiger partial charge on any atom is 0.267 e. The maximum absolute atomic E-state index is 13.4. The molecule has 0 bridgehead atoms. The Kier molecular flexibility index (Phi) is 6.20. The van der Waals surface area contributed by atoms with Crippen molar-refractivity contribution in [2.24, 2.45) is 4.99 Å². The van der Waals surface area contributed by atoms with Gasteiger partial charge in [-0.05, 0) is 48.4 Å². The normalized spacial score (nSPS) is 19.6. The van der Waals surface area contributed by atoms with Gasteiger partial charge in [-0.2, -0.15) is 4.99 Å². The van der Waals surface area contributed by atoms with E-state index in [-0.39, 0.29) is 23.4 Å². The summed E-state index contributed by atoms with van der Waals surface area (Å²) in [5.74, 6) is -0.473. The van der Waals surface area contributed by atoms with Crippen LogP contribution in [0.2, 0.25) is 0 Å². The van der Waals surface area contributed by atoms with Gasteiger partial charge in [0.05, 0.1) is 10.6 Å². The van der Waals surface area contributed by atoms with Crippen LogP contribution in [0, 0.1) is 0 Å². The fraction of sp³-hybridized carbons (Fsp3) is 0.240. The molecule has 0 radical (unpaired) electrons. The quantitative estimate of drug-likeness (QED) is 0.347. The number of phenolic OH excluding ortho intramolecular Hbond substituents is 2. The van der Waals surface area contributed by atoms with Crippen molar-refractivity contribution in [2.45, 2.75) is 38.1 Å². The van der Waals surface area contributed by atoms with Gasteiger partial charge in [0.15, 0.2) is 16.7 Å². The van der Waals surface area contributed by atoms with E-state index in [0.29, 0.717) is 20.8 Å². The summed E-state index contributed by atoms with van der Waals surface area (Å²) in [4.78, 5) is 25.3. The van der Waals surface area contributed by atoms with E-state index in [1.807, 2.05) is 40.6 Å². The molecule has 168 valence electrons. The molecule has 0 unspecified atom stereocenters. The Morgan fingerprint density at radius 3 is 2.58 bits per heavy atom. The molecule has 1 aliphatic carbocycles. The van der Waals surface area contributed by atoms with Crippen LogP contribution in [-0.2, 0) is 4.79 Å². The molecule has 3 aromatic rings. The van der Waals surface area contributed by atoms with Gasteiger partial charge in [-0.3, -0.25) is 9.69 Å². The number of hydrogen-bond donors (Lipinski definition) is 2. The Balaban J connectivity index is 1.48. The predicted molar refractivity (Wildman–Crippen MR) is 134 cm³/mol. The van der Waals surface area contributed by atoms with E-state index in [4.69, 9.17) is 4.99 Å². The first-order chi connectivity index (χ1) is 16.1. The molecule has 1 aromatic heterocycles. The van der Waals surface area contributed by atoms with Crippen molar-refractivity contribution in [3.63, 3.8) is 0 Å². The Morgan fingerprint density at radius 2 is 1.82 bits per heavy atom. The Morgan fingerprint density at radius 1 is 1.03 bits per heavy atom. The summed E-state index contributed by atoms with van der Waals surface area (Å²) in [6, 6.07) is 14.6. The van der Waals surface area contributed by atoms with Crippen molar-refractivity contribution in [3.8, 4) is 22.8 Å². The van der Waals surface area contributed by atoms with Crippen molar-refractivity contribution in [3.05, 3.63) is 64.4 Å². The molecular weight excluding hydrogens is 454 g/mol. The number of aromatic hydroxyl groups is 2. The Bertz CT molecular complexity index is 1230. The van der Waals surface area contributed by atoms with Crippen molar-refractivity contribution >= 4 is 45.4 Å². The maximum atomic E-state index is 13.4. The number of rotatable bonds is 4. The minimum absolute atomic E-state index is 0.0712. The molecule has 1 saturated carbocycles. The number of thiazole rings is 1. The van der Waals surface area contributed by atoms with Gasteiger partial charge in [0, 0.05) is 17.0 Å². The third-order valence-corrected chi connectivity index (χ3v) is 7.54. The molecule has 1 amide bonds. The minimum atomic E-state index is -0.214. The second kappa shape index (κ2) is 9.41. The molecule has 0 atom stereocenters. The zero-order valence-corrected chi connectivity index (χ0v) is 19.5. The van der Waals surface area contributed by atoms with Crippen LogP contribution in [0.1, 0.15) is 37.7 Å². The van der Waals surface area contributed by atoms with E-state index in [2.05, 4.69) is 4.98 Å². The van der Waals surface area contributed by atoms with Crippen molar-refractivity contribution < 1.29 is 15.0 Å². The van der Waals surface area contributed by atoms with Gasteiger partial charge in [0.2, 0.25) is 5.13 Å². The first-order valence-electron chi connectivity index (χ1n) is 10.9. The first kappa shape index (κ1) is 21.7. The van der Waals surface area contributed by atoms with Crippen LogP contribution in [0.25, 0.3) is 17.3 Å². The number of thioether (sulfide) groups is 1. The molecule has 2 N–H and O–H groups in total. The van der Waals surface area contributed by atoms with Crippen LogP contribution in [0.3, 0.4) is 0 Å². The molecule has 2 fully saturated rings. The van der Waals surface area contributed by atoms with Gasteiger partial charge in [0.25, 0.3) is 5.91 Å². The topological polar surface area (TPSA) is 86.0 Å². The summed E-state index contributed by atoms with van der Waals surface area (Å²) in [5, 5.41) is 22.7. The number of aromatic nitrogens is 1. The van der Waals surface area contributed by atoms with Crippen LogP contribution < -0.4 is 0 Å². The second-order valence-electron chi connectivity index (χ2n) is 8.10. The summed E-state index contributed by atoms with van der Waals surface area (Å²) >= 11 is 2.80. The molecule has 5 rings (SSSR count). The molecular formula is C25H23N3O3S2. The fourth-order valence-corrected chi connectivity index (χ4v) is 5.94. The van der Waals surface area contributed by atoms with Gasteiger partial charge in [-0.25, -0.2) is 4.98 Å². The number of nitrogens with zero attached hydrogens (tertiary/aromatic N) is 3. The molecule has 1 saturated heterocycles. The number of hydrogen-bond acceptors (Lipinski definition) is 7. The largest absolute Gasteiger partial charge is 0.504 e. The molecule has 1 aliphatic heterocycles. The SMILES string of the molecule is O=C1/C(=C/c2ccc(O)c(O)c2)S/C(=N/c2nc(-c3ccccc3)cs2)N1C1CCCCC1. The number of amides is 1. The lowest BCUT2D eigenvalue weighted by molar-refractivity contribution is -0.124. The van der Waals surface area contributed by atoms with E-state index in [1.165, 1.54) is 41.7 Å². The van der Waals surface area contributed by atoms with E-state index in [0.717, 1.165) is 36.9 Å². The van der Waals surface area contributed by atoms with Gasteiger partial charge >= 0.3 is 0 Å². The van der Waals surface area contributed by atoms with Gasteiger partial charge in [0.1, 0.15) is 0 Å². The number of phenols is 2. The van der Waals surface area contributed by atoms with Gasteiger partial charge < -0.3 is 10.2 Å². The van der Waals surface area contributed by atoms with Crippen LogP contribution in [0.15, 0.2) is 63.8 Å². The predicted octanol–water partition coefficient (Wildman–Crippen LogP) is 6.16. The summed E-state index contributed by atoms with van der Waals surface area (Å²) in [6.45, 7) is 0. The molecule has 33 heavy (non-hydrogen) atoms. The van der Waals surface area contributed by atoms with Crippen LogP contribution >= 0.6 is 23.1 Å². The first-order valence-corrected chi connectivity index (χ1v) is 12.6. The summed E-state index contributed by atoms with van der Waals surface area (Å²) in [6.07, 6.45) is 7.07. The van der Waals surface area contributed by atoms with Crippen molar-refractivity contribution in [2.75, 3.05) is 0 Å². The number of aliphatic imine (C=N–C) groups is 1. The lowest BCUT2D eigenvalue weighted by Crippen LogP contribution is -2.40. The highest BCUT2D eigenvalue weighted by molar-refractivity contribution is 8.18. The highest BCUT2D eigenvalue weighted by Crippen LogP contribution is 2.40. The average Bonchev–Trinajstić information content (AvgIpc) is 3.42. The highest BCUT2D eigenvalue weighted by atomic mass is 32.2. The fourth-order valence-electron chi connectivity index (χ4n) is 4.15. The molecule has 6 nitrogen and oxygen atoms in total. The van der Waals surface area contributed by atoms with Crippen molar-refractivity contribution in [1.82, 2.24) is 9.88 Å². The highest BCUT2D eigenvalue weighted by Gasteiger charge is 2.38. The van der Waals surface area contributed by atoms with E-state index in [9.17, 15) is 15.0 Å². The van der Waals surface area contributed by atoms with E-state index in [1.54, 1.807) is 12.1 Å². The van der Waals surface area contributed by atoms with Crippen LogP contribution in [0.4, 0.5) is 5.13 Å². The molecule has 2 heterocycles. The van der Waals surface area contributed by atoms with Crippen LogP contribution in [-0.4, -0.2) is 37.2 Å². The summed E-state index contributed by atoms with van der Waals surface area (Å²) in [7, 11) is 0. The lowest BCUT2D eigenvalue weighted by atomic mass is 9.94. The van der Waals surface area contributed by atoms with Gasteiger partial charge in [-0.1, -0.05) is 55.7 Å². The van der Waals surface area contributed by atoms with E-state index >= 15 is 0 Å². The number of amidine groups is 1. The Labute approximate surface area is 200 Å². The molecule has 2 aromatic carbocycles. The standard InChI is InChI=1S/C25H23N3O3S2/c29-20-12-11-16(13-21(20)30)14-22-23(31)28(18-9-5-2-6-10-18)25(33-22)27-24-26-19(15-32-24)17-7-3-1-4-8-17/h1,3-4,7-8,11-15,18,29-30H,2,5-6,9-10H2/b22-14-,27-25+. The number of benzene rings is 2. The molecule has 2 aliphatic rings. The molecule has 0 spiro atoms. The van der Waals surface area contributed by atoms with Crippen LogP contribution in [0.5, 0.6) is 11.5 Å². The monoisotopic (exact) mass is 477 g/mol. The summed E-state index contributed by atoms with van der Waals surface area (Å²) in [5.41, 5.74) is 2.55. The number of carbonyl (C=O) groups excluding carboxylic acids is 1. The van der Waals surface area contributed by atoms with Crippen molar-refractivity contribution in [1.29, 1.82) is 0 Å². The molecule has 8 heteroatoms. The minimum Gasteiger partial charge on any atom is -0.504 e. The third kappa shape index (κ3) is 4.67. The van der Waals surface area contributed by atoms with E-state index < -0.39 is 0 Å². The second-order valence-corrected chi connectivity index (χ2v) is 9.95. The zero-order valence-electron chi connectivity index (χ0n) is 17.8.